The van der Waals surface area contributed by atoms with Crippen molar-refractivity contribution in [3.8, 4) is 0 Å². The fourth-order valence-corrected chi connectivity index (χ4v) is 3.96. The Bertz CT molecular complexity index is 525. The Balaban J connectivity index is 1.42. The van der Waals surface area contributed by atoms with Crippen LogP contribution in [0.15, 0.2) is 16.1 Å². The molecule has 0 unspecified atom stereocenters. The van der Waals surface area contributed by atoms with Crippen molar-refractivity contribution in [2.45, 2.75) is 12.8 Å². The number of fused-ring (bicyclic) bond motifs is 1. The van der Waals surface area contributed by atoms with Crippen LogP contribution in [0.3, 0.4) is 0 Å². The lowest BCUT2D eigenvalue weighted by atomic mass is 9.96. The van der Waals surface area contributed by atoms with E-state index in [2.05, 4.69) is 20.6 Å². The maximum Gasteiger partial charge on any atom is 0.231 e. The van der Waals surface area contributed by atoms with Crippen molar-refractivity contribution in [2.75, 3.05) is 39.3 Å². The van der Waals surface area contributed by atoms with Crippen molar-refractivity contribution in [3.05, 3.63) is 11.1 Å². The third-order valence-electron chi connectivity index (χ3n) is 4.23. The lowest BCUT2D eigenvalue weighted by molar-refractivity contribution is -0.126. The highest BCUT2D eigenvalue weighted by Gasteiger charge is 2.28. The zero-order valence-corrected chi connectivity index (χ0v) is 13.3. The van der Waals surface area contributed by atoms with Gasteiger partial charge >= 0.3 is 0 Å². The van der Waals surface area contributed by atoms with Crippen molar-refractivity contribution in [1.82, 2.24) is 15.1 Å². The van der Waals surface area contributed by atoms with Gasteiger partial charge in [-0.25, -0.2) is 0 Å². The van der Waals surface area contributed by atoms with E-state index >= 15 is 0 Å². The van der Waals surface area contributed by atoms with Crippen LogP contribution in [-0.4, -0.2) is 66.1 Å². The van der Waals surface area contributed by atoms with Crippen molar-refractivity contribution in [2.24, 2.45) is 16.6 Å². The lowest BCUT2D eigenvalue weighted by Crippen LogP contribution is -2.44. The molecule has 0 spiro atoms. The van der Waals surface area contributed by atoms with Gasteiger partial charge in [0.2, 0.25) is 11.8 Å². The van der Waals surface area contributed by atoms with E-state index in [1.807, 2.05) is 4.90 Å². The van der Waals surface area contributed by atoms with Gasteiger partial charge in [-0.2, -0.15) is 0 Å². The van der Waals surface area contributed by atoms with E-state index in [1.54, 1.807) is 11.8 Å². The van der Waals surface area contributed by atoms with Crippen LogP contribution in [0.1, 0.15) is 12.8 Å². The number of thioether (sulfide) groups is 1. The Morgan fingerprint density at radius 2 is 2.14 bits per heavy atom. The van der Waals surface area contributed by atoms with Crippen molar-refractivity contribution in [1.29, 1.82) is 0 Å². The van der Waals surface area contributed by atoms with E-state index < -0.39 is 0 Å². The molecule has 0 aliphatic carbocycles. The molecule has 0 aromatic heterocycles. The molecule has 7 nitrogen and oxygen atoms in total. The second-order valence-electron chi connectivity index (χ2n) is 5.78. The molecule has 8 heteroatoms. The van der Waals surface area contributed by atoms with E-state index in [-0.39, 0.29) is 24.3 Å². The van der Waals surface area contributed by atoms with Gasteiger partial charge in [-0.15, -0.1) is 0 Å². The molecule has 0 aromatic carbocycles. The summed E-state index contributed by atoms with van der Waals surface area (Å²) >= 11 is 1.63. The van der Waals surface area contributed by atoms with E-state index in [4.69, 9.17) is 5.73 Å². The summed E-state index contributed by atoms with van der Waals surface area (Å²) in [4.78, 5) is 31.7. The number of primary amides is 1. The van der Waals surface area contributed by atoms with Crippen LogP contribution < -0.4 is 11.1 Å². The van der Waals surface area contributed by atoms with Crippen molar-refractivity contribution >= 4 is 28.7 Å². The minimum absolute atomic E-state index is 0.0329. The first-order valence-corrected chi connectivity index (χ1v) is 8.47. The molecule has 1 fully saturated rings. The average Bonchev–Trinajstić information content (AvgIpc) is 3.08. The Labute approximate surface area is 134 Å². The molecule has 0 saturated carbocycles. The molecule has 0 aromatic rings. The minimum Gasteiger partial charge on any atom is -0.369 e. The molecule has 120 valence electrons. The first-order chi connectivity index (χ1) is 10.6. The molecule has 3 aliphatic rings. The van der Waals surface area contributed by atoms with E-state index in [1.165, 1.54) is 0 Å². The number of carbonyl (C=O) groups is 2. The molecular formula is C14H21N5O2S. The van der Waals surface area contributed by atoms with Crippen LogP contribution in [-0.2, 0) is 9.59 Å². The number of likely N-dealkylation sites (tertiary alicyclic amines) is 1. The van der Waals surface area contributed by atoms with Crippen LogP contribution >= 0.6 is 11.8 Å². The zero-order chi connectivity index (χ0) is 15.5. The van der Waals surface area contributed by atoms with Gasteiger partial charge in [-0.05, 0) is 25.9 Å². The van der Waals surface area contributed by atoms with Gasteiger partial charge in [-0.3, -0.25) is 19.5 Å². The van der Waals surface area contributed by atoms with Crippen LogP contribution in [0.25, 0.3) is 0 Å². The number of aliphatic imine (C=N–C) groups is 1. The van der Waals surface area contributed by atoms with Gasteiger partial charge in [0.05, 0.1) is 19.6 Å². The predicted octanol–water partition coefficient (Wildman–Crippen LogP) is -0.440. The first-order valence-electron chi connectivity index (χ1n) is 7.59. The van der Waals surface area contributed by atoms with Crippen LogP contribution in [0.5, 0.6) is 0 Å². The Kier molecular flexibility index (Phi) is 4.68. The standard InChI is InChI=1S/C14H21N5O2S/c15-12(20)8-18-4-1-10(2-5-18)13(21)17-7-11-9-22-14-16-3-6-19(11)14/h9-10H,1-8H2,(H2,15,20)(H,17,21). The number of nitrogens with one attached hydrogen (secondary N) is 1. The summed E-state index contributed by atoms with van der Waals surface area (Å²) in [5, 5.41) is 6.14. The minimum atomic E-state index is -0.309. The summed E-state index contributed by atoms with van der Waals surface area (Å²) in [7, 11) is 0. The zero-order valence-electron chi connectivity index (χ0n) is 12.5. The molecule has 2 amide bonds. The normalized spacial score (nSPS) is 22.3. The third-order valence-corrected chi connectivity index (χ3v) is 5.18. The number of amides is 2. The summed E-state index contributed by atoms with van der Waals surface area (Å²) in [5.74, 6) is -0.170. The van der Waals surface area contributed by atoms with Crippen LogP contribution in [0, 0.1) is 5.92 Å². The topological polar surface area (TPSA) is 91.0 Å². The average molecular weight is 323 g/mol. The van der Waals surface area contributed by atoms with E-state index in [0.29, 0.717) is 6.54 Å². The highest BCUT2D eigenvalue weighted by atomic mass is 32.2. The van der Waals surface area contributed by atoms with Gasteiger partial charge in [0.25, 0.3) is 0 Å². The monoisotopic (exact) mass is 323 g/mol. The molecule has 0 atom stereocenters. The van der Waals surface area contributed by atoms with Crippen LogP contribution in [0.2, 0.25) is 0 Å². The summed E-state index contributed by atoms with van der Waals surface area (Å²) in [6.07, 6.45) is 1.56. The van der Waals surface area contributed by atoms with E-state index in [0.717, 1.165) is 49.9 Å². The van der Waals surface area contributed by atoms with Crippen molar-refractivity contribution < 1.29 is 9.59 Å². The molecule has 3 rings (SSSR count). The number of nitrogens with zero attached hydrogens (tertiary/aromatic N) is 3. The molecule has 1 saturated heterocycles. The maximum atomic E-state index is 12.3. The number of carbonyl (C=O) groups excluding carboxylic acids is 2. The number of hydrogen-bond acceptors (Lipinski definition) is 6. The first kappa shape index (κ1) is 15.4. The quantitative estimate of drug-likeness (QED) is 0.716. The Hall–Kier alpha value is -1.54. The number of rotatable bonds is 5. The number of amidine groups is 1. The number of nitrogens with two attached hydrogens (primary N) is 1. The lowest BCUT2D eigenvalue weighted by Gasteiger charge is -2.30. The van der Waals surface area contributed by atoms with Gasteiger partial charge in [0, 0.05) is 23.6 Å². The number of hydrogen-bond donors (Lipinski definition) is 2. The second-order valence-corrected chi connectivity index (χ2v) is 6.61. The smallest absolute Gasteiger partial charge is 0.231 e. The molecule has 3 N–H and O–H groups in total. The van der Waals surface area contributed by atoms with Gasteiger partial charge < -0.3 is 16.0 Å². The number of piperidine rings is 1. The SMILES string of the molecule is NC(=O)CN1CCC(C(=O)NCC2=CSC3=NCCN23)CC1. The summed E-state index contributed by atoms with van der Waals surface area (Å²) in [6.45, 7) is 4.11. The fourth-order valence-electron chi connectivity index (χ4n) is 3.01. The summed E-state index contributed by atoms with van der Waals surface area (Å²) in [5.41, 5.74) is 6.32. The van der Waals surface area contributed by atoms with Gasteiger partial charge in [0.15, 0.2) is 5.17 Å². The molecular weight excluding hydrogens is 302 g/mol. The van der Waals surface area contributed by atoms with Gasteiger partial charge in [0.1, 0.15) is 0 Å². The third kappa shape index (κ3) is 3.44. The Morgan fingerprint density at radius 1 is 1.36 bits per heavy atom. The van der Waals surface area contributed by atoms with E-state index in [9.17, 15) is 9.59 Å². The Morgan fingerprint density at radius 3 is 2.86 bits per heavy atom. The van der Waals surface area contributed by atoms with Crippen molar-refractivity contribution in [3.63, 3.8) is 0 Å². The molecule has 0 bridgehead atoms. The predicted molar refractivity (Wildman–Crippen MR) is 86.1 cm³/mol. The van der Waals surface area contributed by atoms with Gasteiger partial charge in [-0.1, -0.05) is 11.8 Å². The molecule has 3 heterocycles. The molecule has 0 radical (unpaired) electrons. The summed E-state index contributed by atoms with van der Waals surface area (Å²) in [6, 6.07) is 0. The largest absolute Gasteiger partial charge is 0.369 e. The maximum absolute atomic E-state index is 12.3. The molecule has 3 aliphatic heterocycles. The molecule has 22 heavy (non-hydrogen) atoms. The van der Waals surface area contributed by atoms with Crippen LogP contribution in [0.4, 0.5) is 0 Å². The highest BCUT2D eigenvalue weighted by Crippen LogP contribution is 2.28. The second kappa shape index (κ2) is 6.70. The highest BCUT2D eigenvalue weighted by molar-refractivity contribution is 8.16. The summed E-state index contributed by atoms with van der Waals surface area (Å²) < 4.78 is 0. The fraction of sp³-hybridized carbons (Fsp3) is 0.643.